The van der Waals surface area contributed by atoms with Crippen molar-refractivity contribution < 1.29 is 23.1 Å². The molecule has 0 spiro atoms. The van der Waals surface area contributed by atoms with Crippen LogP contribution in [0.15, 0.2) is 17.9 Å². The second-order valence-electron chi connectivity index (χ2n) is 6.14. The Morgan fingerprint density at radius 1 is 1.29 bits per heavy atom. The Kier molecular flexibility index (Phi) is 7.69. The molecule has 0 atom stereocenters. The summed E-state index contributed by atoms with van der Waals surface area (Å²) in [6.45, 7) is 6.15. The van der Waals surface area contributed by atoms with Gasteiger partial charge in [-0.15, -0.1) is 11.3 Å². The number of halogens is 3. The SMILES string of the molecule is CCN(C)c1ncnc2c1CCN(Cc1nccs1)CC2.O=C(O)C(F)(F)F. The number of nitrogens with zero attached hydrogens (tertiary/aromatic N) is 5. The Balaban J connectivity index is 0.000000345. The molecule has 1 N–H and O–H groups in total. The Morgan fingerprint density at radius 3 is 2.54 bits per heavy atom. The van der Waals surface area contributed by atoms with Crippen molar-refractivity contribution in [2.45, 2.75) is 32.5 Å². The number of aromatic nitrogens is 3. The molecule has 0 aromatic carbocycles. The molecule has 1 aliphatic rings. The van der Waals surface area contributed by atoms with Crippen LogP contribution in [0, 0.1) is 0 Å². The monoisotopic (exact) mass is 417 g/mol. The zero-order chi connectivity index (χ0) is 20.7. The maximum Gasteiger partial charge on any atom is 0.490 e. The molecule has 1 aliphatic heterocycles. The van der Waals surface area contributed by atoms with E-state index in [9.17, 15) is 13.2 Å². The number of alkyl halides is 3. The third-order valence-electron chi connectivity index (χ3n) is 4.28. The van der Waals surface area contributed by atoms with Crippen LogP contribution in [0.2, 0.25) is 0 Å². The van der Waals surface area contributed by atoms with E-state index in [2.05, 4.69) is 38.7 Å². The smallest absolute Gasteiger partial charge is 0.475 e. The van der Waals surface area contributed by atoms with Gasteiger partial charge >= 0.3 is 12.1 Å². The predicted octanol–water partition coefficient (Wildman–Crippen LogP) is 2.62. The molecule has 0 amide bonds. The van der Waals surface area contributed by atoms with Gasteiger partial charge in [0.25, 0.3) is 0 Å². The van der Waals surface area contributed by atoms with E-state index in [1.807, 2.05) is 11.6 Å². The molecule has 11 heteroatoms. The molecule has 0 radical (unpaired) electrons. The minimum absolute atomic E-state index is 0.942. The lowest BCUT2D eigenvalue weighted by atomic mass is 10.1. The average molecular weight is 417 g/mol. The van der Waals surface area contributed by atoms with Crippen molar-refractivity contribution in [1.82, 2.24) is 19.9 Å². The van der Waals surface area contributed by atoms with Gasteiger partial charge in [0.15, 0.2) is 0 Å². The van der Waals surface area contributed by atoms with Crippen molar-refractivity contribution in [2.75, 3.05) is 31.6 Å². The van der Waals surface area contributed by atoms with Crippen molar-refractivity contribution in [3.05, 3.63) is 34.2 Å². The lowest BCUT2D eigenvalue weighted by molar-refractivity contribution is -0.192. The molecule has 2 aromatic rings. The summed E-state index contributed by atoms with van der Waals surface area (Å²) in [7, 11) is 2.10. The molecule has 7 nitrogen and oxygen atoms in total. The van der Waals surface area contributed by atoms with E-state index in [4.69, 9.17) is 9.90 Å². The topological polar surface area (TPSA) is 82.5 Å². The summed E-state index contributed by atoms with van der Waals surface area (Å²) in [6.07, 6.45) is 0.512. The van der Waals surface area contributed by atoms with Crippen molar-refractivity contribution in [3.63, 3.8) is 0 Å². The molecule has 0 unspecified atom stereocenters. The minimum Gasteiger partial charge on any atom is -0.475 e. The Labute approximate surface area is 164 Å². The van der Waals surface area contributed by atoms with E-state index >= 15 is 0 Å². The molecule has 3 heterocycles. The lowest BCUT2D eigenvalue weighted by Gasteiger charge is -2.20. The lowest BCUT2D eigenvalue weighted by Crippen LogP contribution is -2.26. The number of fused-ring (bicyclic) bond motifs is 1. The first-order valence-electron chi connectivity index (χ1n) is 8.67. The molecule has 0 fully saturated rings. The first-order chi connectivity index (χ1) is 13.2. The van der Waals surface area contributed by atoms with Crippen LogP contribution < -0.4 is 4.90 Å². The van der Waals surface area contributed by atoms with Gasteiger partial charge in [0.05, 0.1) is 12.2 Å². The van der Waals surface area contributed by atoms with E-state index in [0.29, 0.717) is 0 Å². The normalized spacial score (nSPS) is 14.5. The first-order valence-corrected chi connectivity index (χ1v) is 9.55. The number of carbonyl (C=O) groups is 1. The summed E-state index contributed by atoms with van der Waals surface area (Å²) in [5, 5.41) is 10.4. The molecule has 0 saturated carbocycles. The number of thiazole rings is 1. The van der Waals surface area contributed by atoms with Gasteiger partial charge in [-0.1, -0.05) is 0 Å². The molecule has 28 heavy (non-hydrogen) atoms. The zero-order valence-electron chi connectivity index (χ0n) is 15.6. The number of carboxylic acid groups (broad SMARTS) is 1. The molecular weight excluding hydrogens is 395 g/mol. The molecule has 3 rings (SSSR count). The van der Waals surface area contributed by atoms with Gasteiger partial charge in [0.2, 0.25) is 0 Å². The zero-order valence-corrected chi connectivity index (χ0v) is 16.4. The average Bonchev–Trinajstić information content (AvgIpc) is 3.07. The van der Waals surface area contributed by atoms with Crippen LogP contribution in [-0.2, 0) is 24.2 Å². The van der Waals surface area contributed by atoms with Crippen LogP contribution >= 0.6 is 11.3 Å². The maximum atomic E-state index is 10.6. The Bertz CT molecular complexity index is 771. The fourth-order valence-electron chi connectivity index (χ4n) is 2.71. The fourth-order valence-corrected chi connectivity index (χ4v) is 3.37. The standard InChI is InChI=1S/C15H21N5S.C2HF3O2/c1-3-19(2)15-12-4-7-20(10-14-16-6-9-21-14)8-5-13(12)17-11-18-15;3-2(4,5)1(6)7/h6,9,11H,3-5,7-8,10H2,1-2H3;(H,6,7). The summed E-state index contributed by atoms with van der Waals surface area (Å²) in [5.41, 5.74) is 2.53. The van der Waals surface area contributed by atoms with Crippen molar-refractivity contribution in [3.8, 4) is 0 Å². The van der Waals surface area contributed by atoms with Crippen LogP contribution in [0.4, 0.5) is 19.0 Å². The molecular formula is C17H22F3N5O2S. The number of hydrogen-bond donors (Lipinski definition) is 1. The second-order valence-corrected chi connectivity index (χ2v) is 7.12. The largest absolute Gasteiger partial charge is 0.490 e. The number of anilines is 1. The third-order valence-corrected chi connectivity index (χ3v) is 5.04. The Morgan fingerprint density at radius 2 is 1.96 bits per heavy atom. The number of carboxylic acids is 1. The van der Waals surface area contributed by atoms with Gasteiger partial charge in [-0.05, 0) is 13.3 Å². The van der Waals surface area contributed by atoms with Crippen LogP contribution in [0.3, 0.4) is 0 Å². The molecule has 154 valence electrons. The van der Waals surface area contributed by atoms with Gasteiger partial charge in [-0.2, -0.15) is 13.2 Å². The van der Waals surface area contributed by atoms with Crippen LogP contribution in [0.1, 0.15) is 23.2 Å². The number of rotatable bonds is 4. The van der Waals surface area contributed by atoms with Crippen LogP contribution in [-0.4, -0.2) is 63.8 Å². The van der Waals surface area contributed by atoms with Gasteiger partial charge in [-0.3, -0.25) is 4.90 Å². The van der Waals surface area contributed by atoms with E-state index in [0.717, 1.165) is 44.8 Å². The Hall–Kier alpha value is -2.27. The van der Waals surface area contributed by atoms with Gasteiger partial charge in [0, 0.05) is 50.2 Å². The van der Waals surface area contributed by atoms with Crippen LogP contribution in [0.25, 0.3) is 0 Å². The number of hydrogen-bond acceptors (Lipinski definition) is 7. The molecule has 0 saturated heterocycles. The van der Waals surface area contributed by atoms with E-state index in [-0.39, 0.29) is 0 Å². The molecule has 2 aromatic heterocycles. The summed E-state index contributed by atoms with van der Waals surface area (Å²) < 4.78 is 31.7. The second kappa shape index (κ2) is 9.78. The third kappa shape index (κ3) is 6.13. The highest BCUT2D eigenvalue weighted by Crippen LogP contribution is 2.23. The van der Waals surface area contributed by atoms with E-state index < -0.39 is 12.1 Å². The van der Waals surface area contributed by atoms with Crippen molar-refractivity contribution in [1.29, 1.82) is 0 Å². The number of aliphatic carboxylic acids is 1. The predicted molar refractivity (Wildman–Crippen MR) is 99.5 cm³/mol. The summed E-state index contributed by atoms with van der Waals surface area (Å²) >= 11 is 1.73. The summed E-state index contributed by atoms with van der Waals surface area (Å²) in [5.74, 6) is -1.66. The van der Waals surface area contributed by atoms with Gasteiger partial charge < -0.3 is 10.0 Å². The van der Waals surface area contributed by atoms with Crippen molar-refractivity contribution >= 4 is 23.1 Å². The van der Waals surface area contributed by atoms with E-state index in [1.54, 1.807) is 17.7 Å². The molecule has 0 aliphatic carbocycles. The van der Waals surface area contributed by atoms with Gasteiger partial charge in [-0.25, -0.2) is 19.7 Å². The summed E-state index contributed by atoms with van der Waals surface area (Å²) in [6, 6.07) is 0. The minimum atomic E-state index is -5.08. The van der Waals surface area contributed by atoms with Gasteiger partial charge in [0.1, 0.15) is 17.2 Å². The summed E-state index contributed by atoms with van der Waals surface area (Å²) in [4.78, 5) is 27.0. The highest BCUT2D eigenvalue weighted by atomic mass is 32.1. The highest BCUT2D eigenvalue weighted by Gasteiger charge is 2.38. The molecule has 0 bridgehead atoms. The first kappa shape index (κ1) is 22.0. The fraction of sp³-hybridized carbons (Fsp3) is 0.529. The highest BCUT2D eigenvalue weighted by molar-refractivity contribution is 7.09. The van der Waals surface area contributed by atoms with E-state index in [1.165, 1.54) is 16.3 Å². The van der Waals surface area contributed by atoms with Crippen molar-refractivity contribution in [2.24, 2.45) is 0 Å². The maximum absolute atomic E-state index is 10.6. The quantitative estimate of drug-likeness (QED) is 0.819. The van der Waals surface area contributed by atoms with Crippen LogP contribution in [0.5, 0.6) is 0 Å².